The molecule has 68 valence electrons. The highest BCUT2D eigenvalue weighted by atomic mass is 19.1. The Hall–Kier alpha value is -1.47. The molecular formula is C10H10FNO. The first-order chi connectivity index (χ1) is 6.16. The number of hydrogen-bond acceptors (Lipinski definition) is 2. The lowest BCUT2D eigenvalue weighted by Gasteiger charge is -2.07. The fourth-order valence-electron chi connectivity index (χ4n) is 1.14. The van der Waals surface area contributed by atoms with Crippen molar-refractivity contribution >= 4 is 6.08 Å². The molecule has 1 atom stereocenters. The molecular weight excluding hydrogens is 169 g/mol. The fourth-order valence-corrected chi connectivity index (χ4v) is 1.14. The topological polar surface area (TPSA) is 29.4 Å². The largest absolute Gasteiger partial charge is 0.235 e. The molecule has 0 aliphatic rings. The van der Waals surface area contributed by atoms with Crippen molar-refractivity contribution < 1.29 is 9.18 Å². The van der Waals surface area contributed by atoms with Gasteiger partial charge in [0.15, 0.2) is 0 Å². The normalized spacial score (nSPS) is 11.9. The quantitative estimate of drug-likeness (QED) is 0.506. The third kappa shape index (κ3) is 2.01. The average Bonchev–Trinajstić information content (AvgIpc) is 2.10. The third-order valence-electron chi connectivity index (χ3n) is 1.92. The van der Waals surface area contributed by atoms with Gasteiger partial charge in [0.25, 0.3) is 0 Å². The van der Waals surface area contributed by atoms with Gasteiger partial charge in [0.05, 0.1) is 6.04 Å². The van der Waals surface area contributed by atoms with Crippen LogP contribution in [0.4, 0.5) is 4.39 Å². The van der Waals surface area contributed by atoms with Crippen LogP contribution in [0.2, 0.25) is 0 Å². The molecule has 1 aromatic rings. The molecule has 0 radical (unpaired) electrons. The van der Waals surface area contributed by atoms with E-state index < -0.39 is 6.04 Å². The third-order valence-corrected chi connectivity index (χ3v) is 1.92. The summed E-state index contributed by atoms with van der Waals surface area (Å²) in [7, 11) is 0. The molecule has 0 fully saturated rings. The molecule has 0 saturated carbocycles. The van der Waals surface area contributed by atoms with E-state index in [0.717, 1.165) is 0 Å². The minimum absolute atomic E-state index is 0.297. The summed E-state index contributed by atoms with van der Waals surface area (Å²) < 4.78 is 13.4. The summed E-state index contributed by atoms with van der Waals surface area (Å²) in [6.07, 6.45) is 1.42. The Morgan fingerprint density at radius 3 is 2.85 bits per heavy atom. The summed E-state index contributed by atoms with van der Waals surface area (Å²) in [6, 6.07) is 4.58. The smallest absolute Gasteiger partial charge is 0.211 e. The van der Waals surface area contributed by atoms with E-state index in [1.165, 1.54) is 6.08 Å². The van der Waals surface area contributed by atoms with Gasteiger partial charge in [-0.3, -0.25) is 0 Å². The van der Waals surface area contributed by atoms with Crippen LogP contribution >= 0.6 is 0 Å². The highest BCUT2D eigenvalue weighted by Crippen LogP contribution is 2.21. The Morgan fingerprint density at radius 1 is 1.54 bits per heavy atom. The molecule has 1 unspecified atom stereocenters. The number of halogens is 1. The van der Waals surface area contributed by atoms with E-state index in [1.54, 1.807) is 32.0 Å². The lowest BCUT2D eigenvalue weighted by Crippen LogP contribution is -1.96. The standard InChI is InChI=1S/C10H10FNO/c1-7-4-3-5-9(10(7)11)8(2)12-6-13/h3-5,8H,1-2H3. The van der Waals surface area contributed by atoms with E-state index >= 15 is 0 Å². The van der Waals surface area contributed by atoms with Crippen LogP contribution in [0, 0.1) is 12.7 Å². The van der Waals surface area contributed by atoms with Crippen LogP contribution in [0.5, 0.6) is 0 Å². The van der Waals surface area contributed by atoms with Crippen LogP contribution in [0.15, 0.2) is 23.2 Å². The highest BCUT2D eigenvalue weighted by molar-refractivity contribution is 5.36. The van der Waals surface area contributed by atoms with E-state index in [4.69, 9.17) is 0 Å². The zero-order valence-electron chi connectivity index (χ0n) is 7.54. The predicted octanol–water partition coefficient (Wildman–Crippen LogP) is 2.53. The first-order valence-corrected chi connectivity index (χ1v) is 3.98. The van der Waals surface area contributed by atoms with Crippen LogP contribution in [0.25, 0.3) is 0 Å². The molecule has 0 heterocycles. The second-order valence-electron chi connectivity index (χ2n) is 2.87. The maximum Gasteiger partial charge on any atom is 0.235 e. The van der Waals surface area contributed by atoms with Crippen LogP contribution < -0.4 is 0 Å². The molecule has 0 N–H and O–H groups in total. The number of nitrogens with zero attached hydrogens (tertiary/aromatic N) is 1. The summed E-state index contributed by atoms with van der Waals surface area (Å²) in [6.45, 7) is 3.33. The van der Waals surface area contributed by atoms with Crippen LogP contribution in [-0.2, 0) is 4.79 Å². The van der Waals surface area contributed by atoms with Crippen molar-refractivity contribution in [2.45, 2.75) is 19.9 Å². The SMILES string of the molecule is Cc1cccc(C(C)N=C=O)c1F. The van der Waals surface area contributed by atoms with E-state index in [1.807, 2.05) is 0 Å². The van der Waals surface area contributed by atoms with Gasteiger partial charge < -0.3 is 0 Å². The molecule has 0 aliphatic carbocycles. The van der Waals surface area contributed by atoms with Gasteiger partial charge in [-0.1, -0.05) is 18.2 Å². The Labute approximate surface area is 76.1 Å². The van der Waals surface area contributed by atoms with Crippen molar-refractivity contribution in [2.24, 2.45) is 4.99 Å². The van der Waals surface area contributed by atoms with E-state index in [2.05, 4.69) is 4.99 Å². The second kappa shape index (κ2) is 3.97. The van der Waals surface area contributed by atoms with Crippen molar-refractivity contribution in [2.75, 3.05) is 0 Å². The monoisotopic (exact) mass is 179 g/mol. The van der Waals surface area contributed by atoms with E-state index in [-0.39, 0.29) is 5.82 Å². The highest BCUT2D eigenvalue weighted by Gasteiger charge is 2.10. The number of rotatable bonds is 2. The first-order valence-electron chi connectivity index (χ1n) is 3.98. The Balaban J connectivity index is 3.14. The molecule has 1 rings (SSSR count). The van der Waals surface area contributed by atoms with Gasteiger partial charge in [-0.05, 0) is 19.4 Å². The van der Waals surface area contributed by atoms with Crippen LogP contribution in [0.3, 0.4) is 0 Å². The first kappa shape index (κ1) is 9.62. The molecule has 0 bridgehead atoms. The summed E-state index contributed by atoms with van der Waals surface area (Å²) in [4.78, 5) is 13.4. The summed E-state index contributed by atoms with van der Waals surface area (Å²) >= 11 is 0. The molecule has 0 aromatic heterocycles. The second-order valence-corrected chi connectivity index (χ2v) is 2.87. The Kier molecular flexibility index (Phi) is 2.93. The van der Waals surface area contributed by atoms with Crippen LogP contribution in [-0.4, -0.2) is 6.08 Å². The zero-order valence-corrected chi connectivity index (χ0v) is 7.54. The van der Waals surface area contributed by atoms with Crippen molar-refractivity contribution in [3.05, 3.63) is 35.1 Å². The number of carbonyl (C=O) groups excluding carboxylic acids is 1. The maximum atomic E-state index is 13.4. The lowest BCUT2D eigenvalue weighted by atomic mass is 10.1. The summed E-state index contributed by atoms with van der Waals surface area (Å²) in [5, 5.41) is 0. The van der Waals surface area contributed by atoms with Gasteiger partial charge >= 0.3 is 0 Å². The predicted molar refractivity (Wildman–Crippen MR) is 47.7 cm³/mol. The van der Waals surface area contributed by atoms with E-state index in [0.29, 0.717) is 11.1 Å². The minimum Gasteiger partial charge on any atom is -0.211 e. The number of isocyanates is 1. The van der Waals surface area contributed by atoms with E-state index in [9.17, 15) is 9.18 Å². The van der Waals surface area contributed by atoms with Crippen LogP contribution in [0.1, 0.15) is 24.1 Å². The van der Waals surface area contributed by atoms with Gasteiger partial charge in [0.2, 0.25) is 6.08 Å². The number of benzene rings is 1. The van der Waals surface area contributed by atoms with Gasteiger partial charge in [-0.2, -0.15) is 4.99 Å². The fraction of sp³-hybridized carbons (Fsp3) is 0.300. The van der Waals surface area contributed by atoms with Crippen molar-refractivity contribution in [3.8, 4) is 0 Å². The summed E-state index contributed by atoms with van der Waals surface area (Å²) in [5.41, 5.74) is 0.994. The molecule has 2 nitrogen and oxygen atoms in total. The molecule has 0 aliphatic heterocycles. The Bertz CT molecular complexity index is 356. The summed E-state index contributed by atoms with van der Waals surface area (Å²) in [5.74, 6) is -0.297. The Morgan fingerprint density at radius 2 is 2.23 bits per heavy atom. The zero-order chi connectivity index (χ0) is 9.84. The molecule has 3 heteroatoms. The molecule has 0 spiro atoms. The average molecular weight is 179 g/mol. The number of aryl methyl sites for hydroxylation is 1. The van der Waals surface area contributed by atoms with Gasteiger partial charge in [0.1, 0.15) is 5.82 Å². The lowest BCUT2D eigenvalue weighted by molar-refractivity contribution is 0.554. The van der Waals surface area contributed by atoms with Gasteiger partial charge in [0, 0.05) is 5.56 Å². The minimum atomic E-state index is -0.461. The molecule has 1 aromatic carbocycles. The maximum absolute atomic E-state index is 13.4. The van der Waals surface area contributed by atoms with Gasteiger partial charge in [-0.15, -0.1) is 0 Å². The van der Waals surface area contributed by atoms with Crippen molar-refractivity contribution in [3.63, 3.8) is 0 Å². The molecule has 0 amide bonds. The van der Waals surface area contributed by atoms with Crippen molar-refractivity contribution in [1.82, 2.24) is 0 Å². The van der Waals surface area contributed by atoms with Gasteiger partial charge in [-0.25, -0.2) is 9.18 Å². The van der Waals surface area contributed by atoms with Crippen molar-refractivity contribution in [1.29, 1.82) is 0 Å². The molecule has 0 saturated heterocycles. The number of aliphatic imine (C=N–C) groups is 1. The molecule has 13 heavy (non-hydrogen) atoms. The number of hydrogen-bond donors (Lipinski definition) is 0.